The highest BCUT2D eigenvalue weighted by atomic mass is 32.2. The Morgan fingerprint density at radius 3 is 2.94 bits per heavy atom. The summed E-state index contributed by atoms with van der Waals surface area (Å²) in [7, 11) is 0. The lowest BCUT2D eigenvalue weighted by Crippen LogP contribution is -2.50. The summed E-state index contributed by atoms with van der Waals surface area (Å²) in [5.41, 5.74) is -0.0882. The average Bonchev–Trinajstić information content (AvgIpc) is 2.88. The molecule has 2 unspecified atom stereocenters. The van der Waals surface area contributed by atoms with E-state index in [1.165, 1.54) is 6.42 Å². The van der Waals surface area contributed by atoms with E-state index >= 15 is 0 Å². The highest BCUT2D eigenvalue weighted by Crippen LogP contribution is 2.35. The van der Waals surface area contributed by atoms with E-state index in [1.54, 1.807) is 0 Å². The third kappa shape index (κ3) is 2.85. The van der Waals surface area contributed by atoms with Gasteiger partial charge in [-0.3, -0.25) is 4.79 Å². The van der Waals surface area contributed by atoms with Gasteiger partial charge in [-0.2, -0.15) is 11.8 Å². The van der Waals surface area contributed by atoms with Gasteiger partial charge in [0, 0.05) is 30.6 Å². The Balaban J connectivity index is 2.04. The van der Waals surface area contributed by atoms with Crippen molar-refractivity contribution >= 4 is 17.7 Å². The number of carbonyl (C=O) groups excluding carboxylic acids is 1. The smallest absolute Gasteiger partial charge is 0.230 e. The molecular formula is C14H26N2OS. The minimum absolute atomic E-state index is 0.0882. The van der Waals surface area contributed by atoms with Crippen LogP contribution in [0, 0.1) is 5.41 Å². The second-order valence-corrected chi connectivity index (χ2v) is 7.02. The summed E-state index contributed by atoms with van der Waals surface area (Å²) in [5.74, 6) is 1.54. The van der Waals surface area contributed by atoms with Crippen molar-refractivity contribution in [3.05, 3.63) is 0 Å². The van der Waals surface area contributed by atoms with Crippen molar-refractivity contribution in [2.24, 2.45) is 5.41 Å². The lowest BCUT2D eigenvalue weighted by molar-refractivity contribution is -0.141. The maximum Gasteiger partial charge on any atom is 0.230 e. The molecule has 2 saturated heterocycles. The van der Waals surface area contributed by atoms with Crippen molar-refractivity contribution in [3.63, 3.8) is 0 Å². The first-order valence-electron chi connectivity index (χ1n) is 7.33. The molecule has 2 aliphatic heterocycles. The normalized spacial score (nSPS) is 32.8. The summed E-state index contributed by atoms with van der Waals surface area (Å²) in [6.45, 7) is 8.22. The Morgan fingerprint density at radius 1 is 1.50 bits per heavy atom. The topological polar surface area (TPSA) is 32.3 Å². The summed E-state index contributed by atoms with van der Waals surface area (Å²) < 4.78 is 0. The number of thioether (sulfide) groups is 1. The molecule has 18 heavy (non-hydrogen) atoms. The van der Waals surface area contributed by atoms with E-state index in [9.17, 15) is 4.79 Å². The van der Waals surface area contributed by atoms with Crippen LogP contribution in [-0.2, 0) is 4.79 Å². The number of hydrogen-bond acceptors (Lipinski definition) is 3. The number of carbonyl (C=O) groups is 1. The molecule has 0 spiro atoms. The predicted octanol–water partition coefficient (Wildman–Crippen LogP) is 2.12. The van der Waals surface area contributed by atoms with Crippen LogP contribution in [0.25, 0.3) is 0 Å². The Bertz CT molecular complexity index is 290. The van der Waals surface area contributed by atoms with Crippen molar-refractivity contribution in [2.75, 3.05) is 31.9 Å². The second-order valence-electron chi connectivity index (χ2n) is 5.61. The SMILES string of the molecule is CCCC1(C(=O)N2CCSC(CC)C2)CCNC1. The van der Waals surface area contributed by atoms with Gasteiger partial charge in [-0.25, -0.2) is 0 Å². The van der Waals surface area contributed by atoms with E-state index in [-0.39, 0.29) is 5.41 Å². The van der Waals surface area contributed by atoms with E-state index < -0.39 is 0 Å². The molecule has 2 aliphatic rings. The van der Waals surface area contributed by atoms with Crippen molar-refractivity contribution in [3.8, 4) is 0 Å². The van der Waals surface area contributed by atoms with Crippen LogP contribution >= 0.6 is 11.8 Å². The van der Waals surface area contributed by atoms with Gasteiger partial charge in [0.25, 0.3) is 0 Å². The number of hydrogen-bond donors (Lipinski definition) is 1. The summed E-state index contributed by atoms with van der Waals surface area (Å²) in [6.07, 6.45) is 4.35. The monoisotopic (exact) mass is 270 g/mol. The largest absolute Gasteiger partial charge is 0.340 e. The lowest BCUT2D eigenvalue weighted by atomic mass is 9.81. The first-order valence-corrected chi connectivity index (χ1v) is 8.38. The van der Waals surface area contributed by atoms with Crippen LogP contribution in [0.4, 0.5) is 0 Å². The van der Waals surface area contributed by atoms with E-state index in [4.69, 9.17) is 0 Å². The maximum absolute atomic E-state index is 12.9. The van der Waals surface area contributed by atoms with E-state index in [0.717, 1.165) is 51.2 Å². The number of rotatable bonds is 4. The molecule has 0 aromatic heterocycles. The van der Waals surface area contributed by atoms with Gasteiger partial charge in [0.2, 0.25) is 5.91 Å². The fourth-order valence-electron chi connectivity index (χ4n) is 3.21. The van der Waals surface area contributed by atoms with Crippen LogP contribution in [0.3, 0.4) is 0 Å². The van der Waals surface area contributed by atoms with Crippen LogP contribution in [0.15, 0.2) is 0 Å². The Kier molecular flexibility index (Phi) is 4.96. The van der Waals surface area contributed by atoms with Gasteiger partial charge in [-0.15, -0.1) is 0 Å². The van der Waals surface area contributed by atoms with Gasteiger partial charge in [-0.05, 0) is 25.8 Å². The highest BCUT2D eigenvalue weighted by molar-refractivity contribution is 8.00. The molecule has 0 aromatic carbocycles. The van der Waals surface area contributed by atoms with Crippen molar-refractivity contribution in [2.45, 2.75) is 44.8 Å². The van der Waals surface area contributed by atoms with E-state index in [2.05, 4.69) is 24.1 Å². The third-order valence-corrected chi connectivity index (χ3v) is 5.68. The molecule has 0 saturated carbocycles. The number of amides is 1. The molecular weight excluding hydrogens is 244 g/mol. The van der Waals surface area contributed by atoms with Crippen molar-refractivity contribution in [1.29, 1.82) is 0 Å². The van der Waals surface area contributed by atoms with Crippen molar-refractivity contribution < 1.29 is 4.79 Å². The van der Waals surface area contributed by atoms with Gasteiger partial charge in [0.1, 0.15) is 0 Å². The zero-order valence-electron chi connectivity index (χ0n) is 11.7. The van der Waals surface area contributed by atoms with Crippen LogP contribution in [0.1, 0.15) is 39.5 Å². The maximum atomic E-state index is 12.9. The Labute approximate surface area is 115 Å². The minimum atomic E-state index is -0.0882. The molecule has 3 nitrogen and oxygen atoms in total. The lowest BCUT2D eigenvalue weighted by Gasteiger charge is -2.38. The summed E-state index contributed by atoms with van der Waals surface area (Å²) >= 11 is 2.03. The molecule has 2 heterocycles. The predicted molar refractivity (Wildman–Crippen MR) is 77.9 cm³/mol. The summed E-state index contributed by atoms with van der Waals surface area (Å²) in [5, 5.41) is 4.04. The van der Waals surface area contributed by atoms with Gasteiger partial charge in [0.15, 0.2) is 0 Å². The fourth-order valence-corrected chi connectivity index (χ4v) is 4.39. The Hall–Kier alpha value is -0.220. The second kappa shape index (κ2) is 6.29. The highest BCUT2D eigenvalue weighted by Gasteiger charge is 2.43. The molecule has 4 heteroatoms. The molecule has 2 atom stereocenters. The molecule has 1 N–H and O–H groups in total. The first-order chi connectivity index (χ1) is 8.72. The standard InChI is InChI=1S/C14H26N2OS/c1-3-5-14(6-7-15-11-14)13(17)16-8-9-18-12(4-2)10-16/h12,15H,3-11H2,1-2H3. The van der Waals surface area contributed by atoms with Crippen LogP contribution < -0.4 is 5.32 Å². The number of nitrogens with zero attached hydrogens (tertiary/aromatic N) is 1. The summed E-state index contributed by atoms with van der Waals surface area (Å²) in [6, 6.07) is 0. The van der Waals surface area contributed by atoms with Crippen LogP contribution in [0.2, 0.25) is 0 Å². The zero-order chi connectivity index (χ0) is 13.0. The molecule has 2 rings (SSSR count). The van der Waals surface area contributed by atoms with Crippen molar-refractivity contribution in [1.82, 2.24) is 10.2 Å². The molecule has 0 radical (unpaired) electrons. The molecule has 104 valence electrons. The summed E-state index contributed by atoms with van der Waals surface area (Å²) in [4.78, 5) is 15.0. The minimum Gasteiger partial charge on any atom is -0.340 e. The average molecular weight is 270 g/mol. The van der Waals surface area contributed by atoms with E-state index in [0.29, 0.717) is 11.2 Å². The van der Waals surface area contributed by atoms with Gasteiger partial charge >= 0.3 is 0 Å². The van der Waals surface area contributed by atoms with Crippen LogP contribution in [-0.4, -0.2) is 48.0 Å². The van der Waals surface area contributed by atoms with Gasteiger partial charge in [0.05, 0.1) is 5.41 Å². The molecule has 1 amide bonds. The first kappa shape index (κ1) is 14.2. The quantitative estimate of drug-likeness (QED) is 0.849. The molecule has 0 bridgehead atoms. The molecule has 0 aromatic rings. The fraction of sp³-hybridized carbons (Fsp3) is 0.929. The van der Waals surface area contributed by atoms with Gasteiger partial charge < -0.3 is 10.2 Å². The zero-order valence-corrected chi connectivity index (χ0v) is 12.5. The third-order valence-electron chi connectivity index (χ3n) is 4.31. The van der Waals surface area contributed by atoms with Gasteiger partial charge in [-0.1, -0.05) is 20.3 Å². The molecule has 2 fully saturated rings. The Morgan fingerprint density at radius 2 is 2.33 bits per heavy atom. The molecule has 0 aliphatic carbocycles. The van der Waals surface area contributed by atoms with E-state index in [1.807, 2.05) is 11.8 Å². The number of nitrogens with one attached hydrogen (secondary N) is 1. The van der Waals surface area contributed by atoms with Crippen LogP contribution in [0.5, 0.6) is 0 Å².